The second-order valence-corrected chi connectivity index (χ2v) is 7.61. The van der Waals surface area contributed by atoms with E-state index in [9.17, 15) is 13.2 Å². The fourth-order valence-corrected chi connectivity index (χ4v) is 3.41. The number of rotatable bonds is 8. The van der Waals surface area contributed by atoms with Gasteiger partial charge in [-0.3, -0.25) is 9.48 Å². The highest BCUT2D eigenvalue weighted by atomic mass is 32.2. The summed E-state index contributed by atoms with van der Waals surface area (Å²) in [5.74, 6) is -0.380. The molecule has 0 aliphatic heterocycles. The number of likely N-dealkylation sites (N-methyl/N-ethyl adjacent to an activating group) is 1. The molecule has 0 radical (unpaired) electrons. The van der Waals surface area contributed by atoms with Crippen molar-refractivity contribution in [3.05, 3.63) is 42.5 Å². The van der Waals surface area contributed by atoms with E-state index in [1.807, 2.05) is 6.92 Å². The molecule has 0 aliphatic rings. The molecule has 10 heteroatoms. The van der Waals surface area contributed by atoms with Crippen LogP contribution in [0, 0.1) is 0 Å². The van der Waals surface area contributed by atoms with Gasteiger partial charge in [0.15, 0.2) is 0 Å². The van der Waals surface area contributed by atoms with Crippen molar-refractivity contribution in [2.24, 2.45) is 0 Å². The van der Waals surface area contributed by atoms with E-state index in [1.165, 1.54) is 31.6 Å². The summed E-state index contributed by atoms with van der Waals surface area (Å²) in [7, 11) is -2.38. The predicted octanol–water partition coefficient (Wildman–Crippen LogP) is -0.291. The summed E-state index contributed by atoms with van der Waals surface area (Å²) >= 11 is 0. The molecule has 25 heavy (non-hydrogen) atoms. The van der Waals surface area contributed by atoms with E-state index in [4.69, 9.17) is 5.11 Å². The van der Waals surface area contributed by atoms with Crippen molar-refractivity contribution < 1.29 is 18.3 Å². The molecule has 1 amide bonds. The molecule has 0 bridgehead atoms. The molecule has 1 heterocycles. The third kappa shape index (κ3) is 4.84. The van der Waals surface area contributed by atoms with E-state index in [2.05, 4.69) is 15.4 Å². The van der Waals surface area contributed by atoms with Crippen LogP contribution in [0.15, 0.2) is 41.8 Å². The van der Waals surface area contributed by atoms with E-state index < -0.39 is 10.0 Å². The van der Waals surface area contributed by atoms with Gasteiger partial charge in [-0.15, -0.1) is 0 Å². The number of nitrogens with one attached hydrogen (secondary N) is 1. The van der Waals surface area contributed by atoms with Crippen molar-refractivity contribution >= 4 is 15.9 Å². The quantitative estimate of drug-likeness (QED) is 0.662. The average molecular weight is 367 g/mol. The zero-order valence-electron chi connectivity index (χ0n) is 14.0. The van der Waals surface area contributed by atoms with Crippen LogP contribution in [-0.2, 0) is 16.6 Å². The molecule has 136 valence electrons. The SMILES string of the molecule is C[C@@H](Cn1cncn1)NC(=O)c1cccc(S(=O)(=O)N(C)CCO)c1. The lowest BCUT2D eigenvalue weighted by atomic mass is 10.2. The summed E-state index contributed by atoms with van der Waals surface area (Å²) in [4.78, 5) is 16.2. The van der Waals surface area contributed by atoms with Gasteiger partial charge < -0.3 is 10.4 Å². The molecule has 0 saturated heterocycles. The van der Waals surface area contributed by atoms with Crippen LogP contribution in [-0.4, -0.2) is 64.7 Å². The summed E-state index contributed by atoms with van der Waals surface area (Å²) in [5, 5.41) is 15.7. The Labute approximate surface area is 146 Å². The topological polar surface area (TPSA) is 117 Å². The molecule has 0 unspecified atom stereocenters. The lowest BCUT2D eigenvalue weighted by molar-refractivity contribution is 0.0935. The Balaban J connectivity index is 2.11. The molecule has 2 aromatic rings. The Morgan fingerprint density at radius 1 is 1.44 bits per heavy atom. The van der Waals surface area contributed by atoms with Crippen molar-refractivity contribution in [3.63, 3.8) is 0 Å². The van der Waals surface area contributed by atoms with E-state index >= 15 is 0 Å². The fraction of sp³-hybridized carbons (Fsp3) is 0.400. The van der Waals surface area contributed by atoms with Crippen LogP contribution in [0.2, 0.25) is 0 Å². The normalized spacial score (nSPS) is 13.0. The summed E-state index contributed by atoms with van der Waals surface area (Å²) < 4.78 is 27.4. The van der Waals surface area contributed by atoms with Gasteiger partial charge in [-0.05, 0) is 25.1 Å². The van der Waals surface area contributed by atoms with E-state index in [1.54, 1.807) is 17.1 Å². The van der Waals surface area contributed by atoms with Gasteiger partial charge in [0, 0.05) is 25.2 Å². The maximum Gasteiger partial charge on any atom is 0.251 e. The van der Waals surface area contributed by atoms with E-state index in [0.717, 1.165) is 4.31 Å². The van der Waals surface area contributed by atoms with Crippen molar-refractivity contribution in [2.75, 3.05) is 20.2 Å². The van der Waals surface area contributed by atoms with Gasteiger partial charge >= 0.3 is 0 Å². The zero-order valence-corrected chi connectivity index (χ0v) is 14.8. The first-order chi connectivity index (χ1) is 11.8. The number of hydrogen-bond donors (Lipinski definition) is 2. The highest BCUT2D eigenvalue weighted by molar-refractivity contribution is 7.89. The van der Waals surface area contributed by atoms with Crippen LogP contribution in [0.4, 0.5) is 0 Å². The van der Waals surface area contributed by atoms with Gasteiger partial charge in [0.2, 0.25) is 10.0 Å². The predicted molar refractivity (Wildman–Crippen MR) is 90.3 cm³/mol. The largest absolute Gasteiger partial charge is 0.395 e. The highest BCUT2D eigenvalue weighted by Crippen LogP contribution is 2.16. The van der Waals surface area contributed by atoms with Crippen LogP contribution >= 0.6 is 0 Å². The number of carbonyl (C=O) groups is 1. The van der Waals surface area contributed by atoms with Gasteiger partial charge in [0.05, 0.1) is 18.0 Å². The number of aliphatic hydroxyl groups excluding tert-OH is 1. The van der Waals surface area contributed by atoms with Crippen LogP contribution in [0.25, 0.3) is 0 Å². The molecular weight excluding hydrogens is 346 g/mol. The average Bonchev–Trinajstić information content (AvgIpc) is 3.07. The standard InChI is InChI=1S/C15H21N5O4S/c1-12(9-20-11-16-10-17-20)18-15(22)13-4-3-5-14(8-13)25(23,24)19(2)6-7-21/h3-5,8,10-12,21H,6-7,9H2,1-2H3,(H,18,22)/t12-/m0/s1. The van der Waals surface area contributed by atoms with Gasteiger partial charge in [-0.1, -0.05) is 6.07 Å². The monoisotopic (exact) mass is 367 g/mol. The Kier molecular flexibility index (Phi) is 6.23. The highest BCUT2D eigenvalue weighted by Gasteiger charge is 2.21. The van der Waals surface area contributed by atoms with Crippen LogP contribution in [0.3, 0.4) is 0 Å². The minimum Gasteiger partial charge on any atom is -0.395 e. The van der Waals surface area contributed by atoms with Crippen molar-refractivity contribution in [1.82, 2.24) is 24.4 Å². The minimum absolute atomic E-state index is 0.0000271. The van der Waals surface area contributed by atoms with Crippen molar-refractivity contribution in [2.45, 2.75) is 24.4 Å². The Morgan fingerprint density at radius 3 is 2.84 bits per heavy atom. The third-order valence-electron chi connectivity index (χ3n) is 3.52. The maximum absolute atomic E-state index is 12.4. The summed E-state index contributed by atoms with van der Waals surface area (Å²) in [6, 6.07) is 5.57. The molecule has 1 atom stereocenters. The number of amides is 1. The third-order valence-corrected chi connectivity index (χ3v) is 5.38. The Hall–Kier alpha value is -2.30. The summed E-state index contributed by atoms with van der Waals surface area (Å²) in [6.07, 6.45) is 2.96. The first-order valence-electron chi connectivity index (χ1n) is 7.65. The molecule has 1 aromatic heterocycles. The Morgan fingerprint density at radius 2 is 2.20 bits per heavy atom. The molecule has 0 spiro atoms. The number of nitrogens with zero attached hydrogens (tertiary/aromatic N) is 4. The second-order valence-electron chi connectivity index (χ2n) is 5.57. The first-order valence-corrected chi connectivity index (χ1v) is 9.09. The number of aromatic nitrogens is 3. The number of aliphatic hydroxyl groups is 1. The second kappa shape index (κ2) is 8.19. The van der Waals surface area contributed by atoms with Crippen LogP contribution in [0.5, 0.6) is 0 Å². The lowest BCUT2D eigenvalue weighted by Gasteiger charge is -2.17. The number of carbonyl (C=O) groups excluding carboxylic acids is 1. The van der Waals surface area contributed by atoms with Crippen LogP contribution in [0.1, 0.15) is 17.3 Å². The maximum atomic E-state index is 12.4. The molecule has 9 nitrogen and oxygen atoms in total. The molecular formula is C15H21N5O4S. The van der Waals surface area contributed by atoms with Crippen molar-refractivity contribution in [3.8, 4) is 0 Å². The van der Waals surface area contributed by atoms with Crippen molar-refractivity contribution in [1.29, 1.82) is 0 Å². The minimum atomic E-state index is -3.76. The van der Waals surface area contributed by atoms with Gasteiger partial charge in [0.1, 0.15) is 12.7 Å². The van der Waals surface area contributed by atoms with E-state index in [-0.39, 0.29) is 35.6 Å². The molecule has 2 rings (SSSR count). The summed E-state index contributed by atoms with van der Waals surface area (Å²) in [5.41, 5.74) is 0.240. The molecule has 0 fully saturated rings. The van der Waals surface area contributed by atoms with Gasteiger partial charge in [0.25, 0.3) is 5.91 Å². The number of benzene rings is 1. The van der Waals surface area contributed by atoms with Gasteiger partial charge in [-0.25, -0.2) is 13.4 Å². The zero-order chi connectivity index (χ0) is 18.4. The Bertz CT molecular complexity index is 807. The van der Waals surface area contributed by atoms with Gasteiger partial charge in [-0.2, -0.15) is 9.40 Å². The van der Waals surface area contributed by atoms with E-state index in [0.29, 0.717) is 6.54 Å². The molecule has 1 aromatic carbocycles. The fourth-order valence-electron chi connectivity index (χ4n) is 2.20. The number of hydrogen-bond acceptors (Lipinski definition) is 6. The molecule has 2 N–H and O–H groups in total. The summed E-state index contributed by atoms with van der Waals surface area (Å²) in [6.45, 7) is 1.96. The lowest BCUT2D eigenvalue weighted by Crippen LogP contribution is -2.36. The molecule has 0 saturated carbocycles. The number of sulfonamides is 1. The molecule has 0 aliphatic carbocycles. The smallest absolute Gasteiger partial charge is 0.251 e. The van der Waals surface area contributed by atoms with Crippen LogP contribution < -0.4 is 5.32 Å². The first kappa shape index (κ1) is 19.0.